The minimum Gasteiger partial charge on any atom is -0.343 e. The number of nitrogens with two attached hydrogens (primary N) is 1. The molecular weight excluding hydrogens is 335 g/mol. The number of carbonyl (C=O) groups is 2. The predicted molar refractivity (Wildman–Crippen MR) is 88.2 cm³/mol. The molecule has 1 saturated carbocycles. The lowest BCUT2D eigenvalue weighted by Crippen LogP contribution is -2.52. The van der Waals surface area contributed by atoms with Crippen LogP contribution in [-0.4, -0.2) is 30.1 Å². The topological polar surface area (TPSA) is 84.2 Å². The number of amides is 2. The van der Waals surface area contributed by atoms with Crippen molar-refractivity contribution >= 4 is 17.5 Å². The van der Waals surface area contributed by atoms with Gasteiger partial charge < -0.3 is 16.4 Å². The standard InChI is InChI=1S/C17H22F3N3O2/c1-11-5-6-12(14(24)22-10-17(18,19)20)9-13(11)23-15(25)16(21)7-3-2-4-8-16/h5-6,9H,2-4,7-8,10,21H2,1H3,(H,22,24)(H,23,25). The summed E-state index contributed by atoms with van der Waals surface area (Å²) in [6.07, 6.45) is -0.511. The van der Waals surface area contributed by atoms with Gasteiger partial charge in [-0.3, -0.25) is 9.59 Å². The third-order valence-corrected chi connectivity index (χ3v) is 4.40. The maximum atomic E-state index is 12.5. The van der Waals surface area contributed by atoms with Gasteiger partial charge in [0.25, 0.3) is 5.91 Å². The first-order valence-corrected chi connectivity index (χ1v) is 8.17. The molecule has 2 rings (SSSR count). The molecule has 1 aliphatic rings. The molecule has 5 nitrogen and oxygen atoms in total. The van der Waals surface area contributed by atoms with E-state index in [1.165, 1.54) is 12.1 Å². The summed E-state index contributed by atoms with van der Waals surface area (Å²) in [6.45, 7) is 0.324. The lowest BCUT2D eigenvalue weighted by atomic mass is 9.82. The molecule has 0 spiro atoms. The minimum absolute atomic E-state index is 0.0415. The van der Waals surface area contributed by atoms with Crippen molar-refractivity contribution in [3.05, 3.63) is 29.3 Å². The van der Waals surface area contributed by atoms with Gasteiger partial charge in [0.05, 0.1) is 5.54 Å². The highest BCUT2D eigenvalue weighted by atomic mass is 19.4. The first-order chi connectivity index (χ1) is 11.6. The molecule has 0 aliphatic heterocycles. The largest absolute Gasteiger partial charge is 0.405 e. The molecule has 2 amide bonds. The van der Waals surface area contributed by atoms with Crippen LogP contribution in [0.15, 0.2) is 18.2 Å². The van der Waals surface area contributed by atoms with Crippen LogP contribution in [-0.2, 0) is 4.79 Å². The van der Waals surface area contributed by atoms with Crippen molar-refractivity contribution in [3.8, 4) is 0 Å². The lowest BCUT2D eigenvalue weighted by Gasteiger charge is -2.32. The van der Waals surface area contributed by atoms with Gasteiger partial charge in [0.2, 0.25) is 5.91 Å². The average molecular weight is 357 g/mol. The van der Waals surface area contributed by atoms with Gasteiger partial charge in [0, 0.05) is 11.3 Å². The smallest absolute Gasteiger partial charge is 0.343 e. The summed E-state index contributed by atoms with van der Waals surface area (Å²) in [5, 5.41) is 4.53. The van der Waals surface area contributed by atoms with Crippen LogP contribution in [0, 0.1) is 6.92 Å². The Bertz CT molecular complexity index is 653. The van der Waals surface area contributed by atoms with Crippen molar-refractivity contribution in [2.45, 2.75) is 50.7 Å². The zero-order chi connectivity index (χ0) is 18.7. The van der Waals surface area contributed by atoms with E-state index in [0.717, 1.165) is 19.3 Å². The Hall–Kier alpha value is -2.09. The molecule has 4 N–H and O–H groups in total. The molecule has 1 aromatic rings. The maximum Gasteiger partial charge on any atom is 0.405 e. The first-order valence-electron chi connectivity index (χ1n) is 8.17. The van der Waals surface area contributed by atoms with E-state index >= 15 is 0 Å². The van der Waals surface area contributed by atoms with Crippen LogP contribution in [0.5, 0.6) is 0 Å². The molecular formula is C17H22F3N3O2. The zero-order valence-corrected chi connectivity index (χ0v) is 14.0. The Morgan fingerprint density at radius 1 is 1.20 bits per heavy atom. The summed E-state index contributed by atoms with van der Waals surface area (Å²) in [4.78, 5) is 24.4. The van der Waals surface area contributed by atoms with Crippen molar-refractivity contribution in [2.24, 2.45) is 5.73 Å². The van der Waals surface area contributed by atoms with E-state index in [1.54, 1.807) is 13.0 Å². The summed E-state index contributed by atoms with van der Waals surface area (Å²) in [6, 6.07) is 4.35. The number of carbonyl (C=O) groups excluding carboxylic acids is 2. The van der Waals surface area contributed by atoms with Gasteiger partial charge in [-0.2, -0.15) is 13.2 Å². The highest BCUT2D eigenvalue weighted by Crippen LogP contribution is 2.28. The first kappa shape index (κ1) is 19.2. The fraction of sp³-hybridized carbons (Fsp3) is 0.529. The Morgan fingerprint density at radius 3 is 2.44 bits per heavy atom. The number of aryl methyl sites for hydroxylation is 1. The van der Waals surface area contributed by atoms with Gasteiger partial charge in [-0.1, -0.05) is 25.3 Å². The summed E-state index contributed by atoms with van der Waals surface area (Å²) in [7, 11) is 0. The van der Waals surface area contributed by atoms with Crippen molar-refractivity contribution in [3.63, 3.8) is 0 Å². The normalized spacial score (nSPS) is 17.0. The van der Waals surface area contributed by atoms with Crippen LogP contribution in [0.2, 0.25) is 0 Å². The van der Waals surface area contributed by atoms with Crippen LogP contribution >= 0.6 is 0 Å². The number of alkyl halides is 3. The predicted octanol–water partition coefficient (Wildman–Crippen LogP) is 2.89. The van der Waals surface area contributed by atoms with Crippen molar-refractivity contribution < 1.29 is 22.8 Å². The van der Waals surface area contributed by atoms with E-state index in [2.05, 4.69) is 5.32 Å². The highest BCUT2D eigenvalue weighted by Gasteiger charge is 2.35. The zero-order valence-electron chi connectivity index (χ0n) is 14.0. The monoisotopic (exact) mass is 357 g/mol. The molecule has 25 heavy (non-hydrogen) atoms. The third kappa shape index (κ3) is 5.19. The lowest BCUT2D eigenvalue weighted by molar-refractivity contribution is -0.123. The minimum atomic E-state index is -4.48. The molecule has 0 unspecified atom stereocenters. The number of halogens is 3. The van der Waals surface area contributed by atoms with Crippen molar-refractivity contribution in [1.29, 1.82) is 0 Å². The van der Waals surface area contributed by atoms with Crippen molar-refractivity contribution in [2.75, 3.05) is 11.9 Å². The fourth-order valence-corrected chi connectivity index (χ4v) is 2.84. The molecule has 0 heterocycles. The molecule has 0 atom stereocenters. The molecule has 1 fully saturated rings. The van der Waals surface area contributed by atoms with E-state index in [9.17, 15) is 22.8 Å². The number of benzene rings is 1. The summed E-state index contributed by atoms with van der Waals surface area (Å²) >= 11 is 0. The van der Waals surface area contributed by atoms with E-state index in [1.807, 2.05) is 5.32 Å². The van der Waals surface area contributed by atoms with Gasteiger partial charge in [0.15, 0.2) is 0 Å². The number of nitrogens with one attached hydrogen (secondary N) is 2. The SMILES string of the molecule is Cc1ccc(C(=O)NCC(F)(F)F)cc1NC(=O)C1(N)CCCCC1. The molecule has 8 heteroatoms. The highest BCUT2D eigenvalue weighted by molar-refractivity contribution is 6.00. The third-order valence-electron chi connectivity index (χ3n) is 4.40. The quantitative estimate of drug-likeness (QED) is 0.775. The van der Waals surface area contributed by atoms with Gasteiger partial charge in [-0.15, -0.1) is 0 Å². The van der Waals surface area contributed by atoms with E-state index in [0.29, 0.717) is 24.1 Å². The van der Waals surface area contributed by atoms with Crippen molar-refractivity contribution in [1.82, 2.24) is 5.32 Å². The van der Waals surface area contributed by atoms with Gasteiger partial charge in [-0.05, 0) is 37.5 Å². The molecule has 0 bridgehead atoms. The van der Waals surface area contributed by atoms with E-state index in [4.69, 9.17) is 5.73 Å². The summed E-state index contributed by atoms with van der Waals surface area (Å²) in [5.41, 5.74) is 6.34. The number of hydrogen-bond donors (Lipinski definition) is 3. The van der Waals surface area contributed by atoms with Crippen LogP contribution < -0.4 is 16.4 Å². The van der Waals surface area contributed by atoms with Gasteiger partial charge in [-0.25, -0.2) is 0 Å². The van der Waals surface area contributed by atoms with Crippen LogP contribution in [0.25, 0.3) is 0 Å². The summed E-state index contributed by atoms with van der Waals surface area (Å²) < 4.78 is 36.6. The summed E-state index contributed by atoms with van der Waals surface area (Å²) in [5.74, 6) is -1.18. The molecule has 0 saturated heterocycles. The van der Waals surface area contributed by atoms with Gasteiger partial charge >= 0.3 is 6.18 Å². The Morgan fingerprint density at radius 2 is 1.84 bits per heavy atom. The maximum absolute atomic E-state index is 12.5. The van der Waals surface area contributed by atoms with E-state index < -0.39 is 24.2 Å². The number of rotatable bonds is 4. The molecule has 1 aromatic carbocycles. The number of hydrogen-bond acceptors (Lipinski definition) is 3. The second kappa shape index (κ2) is 7.43. The average Bonchev–Trinajstić information content (AvgIpc) is 2.54. The molecule has 1 aliphatic carbocycles. The van der Waals surface area contributed by atoms with Crippen LogP contribution in [0.1, 0.15) is 48.0 Å². The second-order valence-electron chi connectivity index (χ2n) is 6.50. The fourth-order valence-electron chi connectivity index (χ4n) is 2.84. The molecule has 0 radical (unpaired) electrons. The molecule has 138 valence electrons. The van der Waals surface area contributed by atoms with Crippen LogP contribution in [0.3, 0.4) is 0 Å². The van der Waals surface area contributed by atoms with E-state index in [-0.39, 0.29) is 11.5 Å². The van der Waals surface area contributed by atoms with Gasteiger partial charge in [0.1, 0.15) is 6.54 Å². The number of anilines is 1. The second-order valence-corrected chi connectivity index (χ2v) is 6.50. The Kier molecular flexibility index (Phi) is 5.72. The Labute approximate surface area is 144 Å². The Balaban J connectivity index is 2.10. The van der Waals surface area contributed by atoms with Crippen LogP contribution in [0.4, 0.5) is 18.9 Å². The molecule has 0 aromatic heterocycles.